The molecule has 0 spiro atoms. The number of benzene rings is 4. The van der Waals surface area contributed by atoms with Crippen LogP contribution in [0.25, 0.3) is 11.1 Å². The van der Waals surface area contributed by atoms with Gasteiger partial charge in [0.25, 0.3) is 0 Å². The van der Waals surface area contributed by atoms with E-state index in [0.717, 1.165) is 28.6 Å². The van der Waals surface area contributed by atoms with Crippen molar-refractivity contribution in [2.24, 2.45) is 0 Å². The van der Waals surface area contributed by atoms with Crippen molar-refractivity contribution in [3.05, 3.63) is 84.9 Å². The minimum Gasteiger partial charge on any atom is -0.450 e. The number of hydrogen-bond acceptors (Lipinski definition) is 4. The molecular weight excluding hydrogens is 384 g/mol. The van der Waals surface area contributed by atoms with Crippen molar-refractivity contribution in [2.75, 3.05) is 0 Å². The Bertz CT molecular complexity index is 1140. The molecule has 0 saturated carbocycles. The quantitative estimate of drug-likeness (QED) is 0.280. The van der Waals surface area contributed by atoms with Crippen molar-refractivity contribution in [3.63, 3.8) is 0 Å². The molecule has 4 heteroatoms. The maximum atomic E-state index is 6.06. The van der Waals surface area contributed by atoms with Crippen LogP contribution in [-0.4, -0.2) is 0 Å². The van der Waals surface area contributed by atoms with E-state index in [2.05, 4.69) is 54.6 Å². The number of fused-ring (bicyclic) bond motifs is 4. The fraction of sp³-hybridized carbons (Fsp3) is 0. The van der Waals surface area contributed by atoms with E-state index in [1.807, 2.05) is 53.9 Å². The maximum Gasteiger partial charge on any atom is 0.170 e. The van der Waals surface area contributed by atoms with Gasteiger partial charge in [-0.05, 0) is 59.7 Å². The van der Waals surface area contributed by atoms with Gasteiger partial charge in [-0.3, -0.25) is 0 Å². The van der Waals surface area contributed by atoms with Gasteiger partial charge in [0.15, 0.2) is 23.0 Å². The Morgan fingerprint density at radius 2 is 0.964 bits per heavy atom. The van der Waals surface area contributed by atoms with Crippen molar-refractivity contribution >= 4 is 23.5 Å². The minimum absolute atomic E-state index is 0.749. The zero-order valence-corrected chi connectivity index (χ0v) is 16.3. The zero-order chi connectivity index (χ0) is 18.5. The van der Waals surface area contributed by atoms with E-state index >= 15 is 0 Å². The van der Waals surface area contributed by atoms with E-state index < -0.39 is 0 Å². The van der Waals surface area contributed by atoms with Gasteiger partial charge in [0.1, 0.15) is 0 Å². The predicted molar refractivity (Wildman–Crippen MR) is 113 cm³/mol. The fourth-order valence-electron chi connectivity index (χ4n) is 3.41. The lowest BCUT2D eigenvalue weighted by atomic mass is 10.0. The van der Waals surface area contributed by atoms with E-state index in [0.29, 0.717) is 0 Å². The summed E-state index contributed by atoms with van der Waals surface area (Å²) in [6.45, 7) is 0. The van der Waals surface area contributed by atoms with Crippen molar-refractivity contribution < 1.29 is 9.47 Å². The van der Waals surface area contributed by atoms with Crippen LogP contribution in [0, 0.1) is 0 Å². The summed E-state index contributed by atoms with van der Waals surface area (Å²) in [5.41, 5.74) is 2.30. The van der Waals surface area contributed by atoms with Crippen molar-refractivity contribution in [1.82, 2.24) is 0 Å². The van der Waals surface area contributed by atoms with Crippen LogP contribution >= 0.6 is 23.5 Å². The van der Waals surface area contributed by atoms with Gasteiger partial charge >= 0.3 is 0 Å². The normalized spacial score (nSPS) is 13.3. The summed E-state index contributed by atoms with van der Waals surface area (Å²) in [4.78, 5) is 5.24. The molecule has 2 aliphatic heterocycles. The highest BCUT2D eigenvalue weighted by Gasteiger charge is 2.20. The SMILES string of the molecule is c1ccc2c(c1)Oc1ccc(-c3ccc4c(c3)Sc3ccccc3S4)cc1O2. The highest BCUT2D eigenvalue weighted by Crippen LogP contribution is 2.50. The summed E-state index contributed by atoms with van der Waals surface area (Å²) < 4.78 is 12.0. The van der Waals surface area contributed by atoms with Crippen LogP contribution in [0.1, 0.15) is 0 Å². The smallest absolute Gasteiger partial charge is 0.170 e. The highest BCUT2D eigenvalue weighted by molar-refractivity contribution is 8.05. The molecule has 0 aromatic heterocycles. The lowest BCUT2D eigenvalue weighted by Crippen LogP contribution is -1.98. The predicted octanol–water partition coefficient (Wildman–Crippen LogP) is 7.87. The first-order chi connectivity index (χ1) is 13.8. The summed E-state index contributed by atoms with van der Waals surface area (Å²) in [7, 11) is 0. The number of ether oxygens (including phenoxy) is 2. The van der Waals surface area contributed by atoms with Crippen molar-refractivity contribution in [1.29, 1.82) is 0 Å². The Kier molecular flexibility index (Phi) is 3.67. The van der Waals surface area contributed by atoms with Gasteiger partial charge < -0.3 is 9.47 Å². The molecule has 0 bridgehead atoms. The first-order valence-corrected chi connectivity index (χ1v) is 10.6. The summed E-state index contributed by atoms with van der Waals surface area (Å²) in [5.74, 6) is 3.00. The van der Waals surface area contributed by atoms with Crippen LogP contribution in [0.15, 0.2) is 105 Å². The molecule has 0 amide bonds. The van der Waals surface area contributed by atoms with Gasteiger partial charge in [-0.2, -0.15) is 0 Å². The van der Waals surface area contributed by atoms with E-state index in [9.17, 15) is 0 Å². The average molecular weight is 399 g/mol. The van der Waals surface area contributed by atoms with Crippen LogP contribution < -0.4 is 9.47 Å². The third kappa shape index (κ3) is 2.68. The summed E-state index contributed by atoms with van der Waals surface area (Å²) >= 11 is 3.67. The lowest BCUT2D eigenvalue weighted by molar-refractivity contribution is 0.360. The maximum absolute atomic E-state index is 6.06. The molecule has 2 aliphatic rings. The fourth-order valence-corrected chi connectivity index (χ4v) is 5.67. The van der Waals surface area contributed by atoms with E-state index in [-0.39, 0.29) is 0 Å². The molecule has 2 heterocycles. The molecule has 4 aromatic carbocycles. The van der Waals surface area contributed by atoms with Gasteiger partial charge in [0.2, 0.25) is 0 Å². The van der Waals surface area contributed by atoms with E-state index in [4.69, 9.17) is 9.47 Å². The lowest BCUT2D eigenvalue weighted by Gasteiger charge is -2.21. The Labute approximate surface area is 171 Å². The topological polar surface area (TPSA) is 18.5 Å². The third-order valence-electron chi connectivity index (χ3n) is 4.80. The standard InChI is InChI=1S/C24H14O2S2/c1-2-6-18-17(5-1)25-19-11-9-15(13-20(19)26-18)16-10-12-23-24(14-16)28-22-8-4-3-7-21(22)27-23/h1-14H. The van der Waals surface area contributed by atoms with E-state index in [1.54, 1.807) is 0 Å². The minimum atomic E-state index is 0.749. The van der Waals surface area contributed by atoms with Gasteiger partial charge in [-0.1, -0.05) is 59.9 Å². The van der Waals surface area contributed by atoms with Crippen LogP contribution in [0.2, 0.25) is 0 Å². The number of hydrogen-bond donors (Lipinski definition) is 0. The van der Waals surface area contributed by atoms with E-state index in [1.165, 1.54) is 25.1 Å². The Morgan fingerprint density at radius 1 is 0.429 bits per heavy atom. The first kappa shape index (κ1) is 16.2. The molecule has 0 unspecified atom stereocenters. The summed E-state index contributed by atoms with van der Waals surface area (Å²) in [5, 5.41) is 0. The largest absolute Gasteiger partial charge is 0.450 e. The van der Waals surface area contributed by atoms with Crippen LogP contribution in [0.4, 0.5) is 0 Å². The monoisotopic (exact) mass is 398 g/mol. The highest BCUT2D eigenvalue weighted by atomic mass is 32.2. The van der Waals surface area contributed by atoms with Crippen molar-refractivity contribution in [3.8, 4) is 34.1 Å². The molecule has 6 rings (SSSR count). The van der Waals surface area contributed by atoms with Gasteiger partial charge in [-0.25, -0.2) is 0 Å². The second-order valence-corrected chi connectivity index (χ2v) is 8.79. The molecule has 0 saturated heterocycles. The Morgan fingerprint density at radius 3 is 1.75 bits per heavy atom. The number of rotatable bonds is 1. The van der Waals surface area contributed by atoms with Crippen molar-refractivity contribution in [2.45, 2.75) is 19.6 Å². The van der Waals surface area contributed by atoms with Crippen LogP contribution in [0.3, 0.4) is 0 Å². The van der Waals surface area contributed by atoms with Gasteiger partial charge in [-0.15, -0.1) is 0 Å². The Hall–Kier alpha value is -2.82. The second-order valence-electron chi connectivity index (χ2n) is 6.62. The zero-order valence-electron chi connectivity index (χ0n) is 14.7. The third-order valence-corrected chi connectivity index (χ3v) is 7.34. The summed E-state index contributed by atoms with van der Waals surface area (Å²) in [6, 6.07) is 29.1. The average Bonchev–Trinajstić information content (AvgIpc) is 2.75. The number of para-hydroxylation sites is 2. The van der Waals surface area contributed by atoms with Gasteiger partial charge in [0.05, 0.1) is 0 Å². The van der Waals surface area contributed by atoms with Crippen LogP contribution in [0.5, 0.6) is 23.0 Å². The molecule has 0 N–H and O–H groups in total. The molecule has 28 heavy (non-hydrogen) atoms. The molecule has 0 aliphatic carbocycles. The molecule has 0 radical (unpaired) electrons. The van der Waals surface area contributed by atoms with Gasteiger partial charge in [0, 0.05) is 19.6 Å². The van der Waals surface area contributed by atoms with Crippen LogP contribution in [-0.2, 0) is 0 Å². The summed E-state index contributed by atoms with van der Waals surface area (Å²) in [6.07, 6.45) is 0. The molecule has 134 valence electrons. The molecular formula is C24H14O2S2. The molecule has 2 nitrogen and oxygen atoms in total. The molecule has 4 aromatic rings. The Balaban J connectivity index is 1.36. The molecule has 0 fully saturated rings. The molecule has 0 atom stereocenters. The second kappa shape index (κ2) is 6.36. The first-order valence-electron chi connectivity index (χ1n) is 9.01.